The molecule has 6 rings (SSSR count). The Labute approximate surface area is 212 Å². The van der Waals surface area contributed by atoms with E-state index in [0.717, 1.165) is 11.3 Å². The molecule has 11 heteroatoms. The fraction of sp³-hybridized carbons (Fsp3) is 0.308. The second-order valence-electron chi connectivity index (χ2n) is 8.89. The summed E-state index contributed by atoms with van der Waals surface area (Å²) in [5.74, 6) is 1.73. The minimum absolute atomic E-state index is 0.0904. The van der Waals surface area contributed by atoms with Gasteiger partial charge in [0.25, 0.3) is 0 Å². The number of rotatable bonds is 6. The van der Waals surface area contributed by atoms with Crippen LogP contribution < -0.4 is 20.1 Å². The van der Waals surface area contributed by atoms with Crippen LogP contribution in [0.2, 0.25) is 0 Å². The lowest BCUT2D eigenvalue weighted by Gasteiger charge is -2.18. The van der Waals surface area contributed by atoms with Gasteiger partial charge in [-0.2, -0.15) is 0 Å². The Bertz CT molecular complexity index is 1350. The van der Waals surface area contributed by atoms with Crippen LogP contribution in [-0.4, -0.2) is 66.2 Å². The van der Waals surface area contributed by atoms with Crippen LogP contribution >= 0.6 is 0 Å². The predicted octanol–water partition coefficient (Wildman–Crippen LogP) is 3.27. The van der Waals surface area contributed by atoms with Crippen LogP contribution in [0.15, 0.2) is 54.7 Å². The van der Waals surface area contributed by atoms with Gasteiger partial charge in [-0.1, -0.05) is 12.1 Å². The number of anilines is 2. The summed E-state index contributed by atoms with van der Waals surface area (Å²) in [7, 11) is 0. The van der Waals surface area contributed by atoms with Crippen molar-refractivity contribution in [2.75, 3.05) is 30.6 Å². The van der Waals surface area contributed by atoms with E-state index in [9.17, 15) is 9.59 Å². The van der Waals surface area contributed by atoms with Crippen molar-refractivity contribution in [3.8, 4) is 22.8 Å². The number of hydrogen-bond donors (Lipinski definition) is 2. The molecule has 4 atom stereocenters. The Hall–Kier alpha value is -4.22. The SMILES string of the molecule is CC(=O)c1cccc(NC(=O)O[C@@H]2CO[C@H]3[C@@H]2OC[C@@H]3Nc2nccc(-c3ccc4c(c3)OCO4)n2)c1. The summed E-state index contributed by atoms with van der Waals surface area (Å²) < 4.78 is 28.2. The lowest BCUT2D eigenvalue weighted by atomic mass is 10.1. The van der Waals surface area contributed by atoms with E-state index in [0.29, 0.717) is 35.3 Å². The van der Waals surface area contributed by atoms with Crippen molar-refractivity contribution in [1.29, 1.82) is 0 Å². The van der Waals surface area contributed by atoms with Gasteiger partial charge in [0.2, 0.25) is 12.7 Å². The number of hydrogen-bond acceptors (Lipinski definition) is 10. The maximum atomic E-state index is 12.5. The zero-order valence-electron chi connectivity index (χ0n) is 19.9. The highest BCUT2D eigenvalue weighted by Gasteiger charge is 2.49. The molecule has 1 amide bonds. The lowest BCUT2D eigenvalue weighted by molar-refractivity contribution is 0.00916. The first kappa shape index (κ1) is 23.2. The maximum absolute atomic E-state index is 12.5. The first-order valence-corrected chi connectivity index (χ1v) is 11.8. The van der Waals surface area contributed by atoms with Gasteiger partial charge in [-0.3, -0.25) is 10.1 Å². The minimum atomic E-state index is -0.644. The molecule has 0 saturated carbocycles. The molecular formula is C26H24N4O7. The molecular weight excluding hydrogens is 480 g/mol. The van der Waals surface area contributed by atoms with E-state index in [4.69, 9.17) is 23.7 Å². The van der Waals surface area contributed by atoms with Gasteiger partial charge < -0.3 is 29.0 Å². The zero-order valence-corrected chi connectivity index (χ0v) is 19.9. The molecule has 3 aliphatic heterocycles. The molecule has 2 N–H and O–H groups in total. The van der Waals surface area contributed by atoms with Crippen molar-refractivity contribution in [2.24, 2.45) is 0 Å². The van der Waals surface area contributed by atoms with Crippen LogP contribution in [0.4, 0.5) is 16.4 Å². The van der Waals surface area contributed by atoms with Crippen molar-refractivity contribution >= 4 is 23.5 Å². The van der Waals surface area contributed by atoms with Crippen LogP contribution in [-0.2, 0) is 14.2 Å². The molecule has 0 unspecified atom stereocenters. The number of fused-ring (bicyclic) bond motifs is 2. The lowest BCUT2D eigenvalue weighted by Crippen LogP contribution is -2.38. The van der Waals surface area contributed by atoms with Crippen molar-refractivity contribution in [3.63, 3.8) is 0 Å². The number of amides is 1. The van der Waals surface area contributed by atoms with Crippen molar-refractivity contribution < 1.29 is 33.3 Å². The van der Waals surface area contributed by atoms with Gasteiger partial charge in [0.15, 0.2) is 23.4 Å². The summed E-state index contributed by atoms with van der Waals surface area (Å²) in [6, 6.07) is 13.9. The average molecular weight is 504 g/mol. The van der Waals surface area contributed by atoms with Gasteiger partial charge in [-0.15, -0.1) is 0 Å². The molecule has 190 valence electrons. The highest BCUT2D eigenvalue weighted by molar-refractivity contribution is 5.96. The van der Waals surface area contributed by atoms with Crippen LogP contribution in [0.1, 0.15) is 17.3 Å². The summed E-state index contributed by atoms with van der Waals surface area (Å²) >= 11 is 0. The fourth-order valence-electron chi connectivity index (χ4n) is 4.60. The summed E-state index contributed by atoms with van der Waals surface area (Å²) in [6.07, 6.45) is -0.307. The highest BCUT2D eigenvalue weighted by atomic mass is 16.7. The van der Waals surface area contributed by atoms with Crippen molar-refractivity contribution in [2.45, 2.75) is 31.3 Å². The molecule has 2 fully saturated rings. The Kier molecular flexibility index (Phi) is 6.07. The third-order valence-corrected chi connectivity index (χ3v) is 6.42. The van der Waals surface area contributed by atoms with Crippen LogP contribution in [0.25, 0.3) is 11.3 Å². The third kappa shape index (κ3) is 4.78. The first-order chi connectivity index (χ1) is 18.0. The predicted molar refractivity (Wildman–Crippen MR) is 131 cm³/mol. The topological polar surface area (TPSA) is 130 Å². The number of benzene rings is 2. The largest absolute Gasteiger partial charge is 0.454 e. The van der Waals surface area contributed by atoms with Gasteiger partial charge >= 0.3 is 6.09 Å². The summed E-state index contributed by atoms with van der Waals surface area (Å²) in [5.41, 5.74) is 2.57. The Balaban J connectivity index is 1.07. The fourth-order valence-corrected chi connectivity index (χ4v) is 4.60. The van der Waals surface area contributed by atoms with Gasteiger partial charge in [0.1, 0.15) is 12.2 Å². The second-order valence-corrected chi connectivity index (χ2v) is 8.89. The second kappa shape index (κ2) is 9.68. The quantitative estimate of drug-likeness (QED) is 0.482. The minimum Gasteiger partial charge on any atom is -0.454 e. The Morgan fingerprint density at radius 2 is 1.86 bits per heavy atom. The summed E-state index contributed by atoms with van der Waals surface area (Å²) in [6.45, 7) is 2.22. The Morgan fingerprint density at radius 1 is 1.00 bits per heavy atom. The molecule has 3 aromatic rings. The van der Waals surface area contributed by atoms with E-state index in [1.807, 2.05) is 24.3 Å². The molecule has 0 bridgehead atoms. The van der Waals surface area contributed by atoms with Gasteiger partial charge in [0, 0.05) is 23.0 Å². The molecule has 1 aromatic heterocycles. The number of ketones is 1. The monoisotopic (exact) mass is 504 g/mol. The Morgan fingerprint density at radius 3 is 2.76 bits per heavy atom. The maximum Gasteiger partial charge on any atom is 0.412 e. The van der Waals surface area contributed by atoms with Crippen LogP contribution in [0.5, 0.6) is 11.5 Å². The smallest absolute Gasteiger partial charge is 0.412 e. The summed E-state index contributed by atoms with van der Waals surface area (Å²) in [4.78, 5) is 33.0. The number of carbonyl (C=O) groups is 2. The first-order valence-electron chi connectivity index (χ1n) is 11.8. The van der Waals surface area contributed by atoms with Crippen molar-refractivity contribution in [3.05, 3.63) is 60.3 Å². The third-order valence-electron chi connectivity index (χ3n) is 6.42. The molecule has 4 heterocycles. The van der Waals surface area contributed by atoms with Gasteiger partial charge in [-0.25, -0.2) is 14.8 Å². The van der Waals surface area contributed by atoms with Crippen molar-refractivity contribution in [1.82, 2.24) is 9.97 Å². The average Bonchev–Trinajstić information content (AvgIpc) is 3.62. The van der Waals surface area contributed by atoms with E-state index in [1.54, 1.807) is 30.5 Å². The van der Waals surface area contributed by atoms with Gasteiger partial charge in [0.05, 0.1) is 24.9 Å². The number of Topliss-reactive ketones (excluding diaryl/α,β-unsaturated/α-hetero) is 1. The molecule has 0 spiro atoms. The number of carbonyl (C=O) groups excluding carboxylic acids is 2. The van der Waals surface area contributed by atoms with E-state index in [2.05, 4.69) is 20.6 Å². The van der Waals surface area contributed by atoms with Crippen LogP contribution in [0.3, 0.4) is 0 Å². The molecule has 11 nitrogen and oxygen atoms in total. The number of nitrogens with zero attached hydrogens (tertiary/aromatic N) is 2. The molecule has 2 aromatic carbocycles. The number of ether oxygens (including phenoxy) is 5. The number of aromatic nitrogens is 2. The van der Waals surface area contributed by atoms with E-state index in [-0.39, 0.29) is 31.3 Å². The standard InChI is InChI=1S/C26H24N4O7/c1-14(31)15-3-2-4-17(9-15)28-26(32)37-22-12-34-23-19(11-33-24(22)23)30-25-27-8-7-18(29-25)16-5-6-20-21(10-16)36-13-35-20/h2-10,19,22-24H,11-13H2,1H3,(H,28,32)(H,27,29,30)/t19-,22+,23+,24+/m0/s1. The molecule has 37 heavy (non-hydrogen) atoms. The van der Waals surface area contributed by atoms with Crippen LogP contribution in [0, 0.1) is 0 Å². The summed E-state index contributed by atoms with van der Waals surface area (Å²) in [5, 5.41) is 5.94. The molecule has 3 aliphatic rings. The highest BCUT2D eigenvalue weighted by Crippen LogP contribution is 2.36. The van der Waals surface area contributed by atoms with E-state index >= 15 is 0 Å². The van der Waals surface area contributed by atoms with E-state index in [1.165, 1.54) is 6.92 Å². The van der Waals surface area contributed by atoms with E-state index < -0.39 is 18.3 Å². The molecule has 0 radical (unpaired) electrons. The zero-order chi connectivity index (χ0) is 25.4. The molecule has 2 saturated heterocycles. The normalized spacial score (nSPS) is 23.4. The number of nitrogens with one attached hydrogen (secondary N) is 2. The van der Waals surface area contributed by atoms with Gasteiger partial charge in [-0.05, 0) is 43.3 Å². The molecule has 0 aliphatic carbocycles.